The molecule has 1 radical (unpaired) electrons. The highest BCUT2D eigenvalue weighted by Gasteiger charge is 1.81. The summed E-state index contributed by atoms with van der Waals surface area (Å²) in [7, 11) is 0. The molecule has 0 unspecified atom stereocenters. The maximum atomic E-state index is 3.55. The van der Waals surface area contributed by atoms with Gasteiger partial charge in [-0.05, 0) is 0 Å². The molecule has 0 saturated carbocycles. The second kappa shape index (κ2) is 1.97. The Balaban J connectivity index is 2.46. The lowest BCUT2D eigenvalue weighted by Crippen LogP contribution is -1.82. The highest BCUT2D eigenvalue weighted by Crippen LogP contribution is 1.95. The fraction of sp³-hybridized carbons (Fsp3) is 0.333. The van der Waals surface area contributed by atoms with Crippen LogP contribution in [0.3, 0.4) is 0 Å². The molecule has 2 nitrogen and oxygen atoms in total. The van der Waals surface area contributed by atoms with Gasteiger partial charge in [0.2, 0.25) is 0 Å². The third-order valence-electron chi connectivity index (χ3n) is 0.403. The van der Waals surface area contributed by atoms with E-state index in [0.717, 1.165) is 5.75 Å². The summed E-state index contributed by atoms with van der Waals surface area (Å²) in [4.78, 5) is 0. The number of nitrogens with zero attached hydrogens (tertiary/aromatic N) is 2. The number of thioether (sulfide) groups is 1. The van der Waals surface area contributed by atoms with Crippen molar-refractivity contribution in [2.24, 2.45) is 10.2 Å². The van der Waals surface area contributed by atoms with Crippen LogP contribution in [0.2, 0.25) is 0 Å². The third kappa shape index (κ3) is 0.825. The Kier molecular flexibility index (Phi) is 1.27. The first-order valence-corrected chi connectivity index (χ1v) is 2.57. The summed E-state index contributed by atoms with van der Waals surface area (Å²) in [5.74, 6) is 0.920. The Bertz CT molecular complexity index is 74.8. The average Bonchev–Trinajstić information content (AvgIpc) is 1.72. The van der Waals surface area contributed by atoms with Crippen molar-refractivity contribution < 1.29 is 0 Å². The Hall–Kier alpha value is -0.310. The minimum Gasteiger partial charge on any atom is -0.161 e. The second-order valence-electron chi connectivity index (χ2n) is 0.800. The van der Waals surface area contributed by atoms with Gasteiger partial charge in [-0.2, -0.15) is 5.10 Å². The van der Waals surface area contributed by atoms with Crippen molar-refractivity contribution in [2.45, 2.75) is 0 Å². The van der Waals surface area contributed by atoms with E-state index in [1.807, 2.05) is 0 Å². The minimum absolute atomic E-state index is 0.920. The molecule has 0 atom stereocenters. The molecule has 0 aliphatic carbocycles. The van der Waals surface area contributed by atoms with Gasteiger partial charge in [0.15, 0.2) is 5.55 Å². The van der Waals surface area contributed by atoms with Gasteiger partial charge in [0, 0.05) is 12.0 Å². The zero-order valence-electron chi connectivity index (χ0n) is 3.09. The fourth-order valence-electron chi connectivity index (χ4n) is 0.201. The summed E-state index contributed by atoms with van der Waals surface area (Å²) in [5.41, 5.74) is 2.63. The van der Waals surface area contributed by atoms with Crippen LogP contribution < -0.4 is 0 Å². The molecule has 1 rings (SSSR count). The molecule has 0 aromatic carbocycles. The van der Waals surface area contributed by atoms with Gasteiger partial charge in [-0.25, -0.2) is 0 Å². The van der Waals surface area contributed by atoms with Gasteiger partial charge in [0.1, 0.15) is 0 Å². The maximum Gasteiger partial charge on any atom is 0.153 e. The Morgan fingerprint density at radius 3 is 3.00 bits per heavy atom. The van der Waals surface area contributed by atoms with Crippen molar-refractivity contribution in [1.29, 1.82) is 0 Å². The van der Waals surface area contributed by atoms with Crippen LogP contribution in [0, 0.1) is 0 Å². The van der Waals surface area contributed by atoms with Gasteiger partial charge < -0.3 is 0 Å². The summed E-state index contributed by atoms with van der Waals surface area (Å²) >= 11 is 1.53. The molecule has 0 fully saturated rings. The number of hydrogen-bond donors (Lipinski definition) is 0. The normalized spacial score (nSPS) is 18.7. The lowest BCUT2D eigenvalue weighted by molar-refractivity contribution is 1.27. The van der Waals surface area contributed by atoms with Crippen LogP contribution in [-0.4, -0.2) is 17.5 Å². The first-order chi connectivity index (χ1) is 3.00. The molecule has 0 N–H and O–H groups in total. The van der Waals surface area contributed by atoms with Gasteiger partial charge in [0.05, 0.1) is 0 Å². The third-order valence-corrected chi connectivity index (χ3v) is 0.929. The smallest absolute Gasteiger partial charge is 0.153 e. The van der Waals surface area contributed by atoms with Crippen molar-refractivity contribution in [1.82, 2.24) is 0 Å². The minimum atomic E-state index is 0.920. The topological polar surface area (TPSA) is 24.7 Å². The zero-order chi connectivity index (χ0) is 4.24. The molecule has 0 saturated heterocycles. The predicted octanol–water partition coefficient (Wildman–Crippen LogP) is 0.624. The van der Waals surface area contributed by atoms with Gasteiger partial charge >= 0.3 is 0 Å². The highest BCUT2D eigenvalue weighted by molar-refractivity contribution is 8.12. The monoisotopic (exact) mass is 99.0 g/mol. The number of hydrogen-bond acceptors (Lipinski definition) is 3. The van der Waals surface area contributed by atoms with E-state index in [0.29, 0.717) is 0 Å². The van der Waals surface area contributed by atoms with E-state index >= 15 is 0 Å². The van der Waals surface area contributed by atoms with Gasteiger partial charge in [-0.1, -0.05) is 11.8 Å². The molecule has 1 aliphatic rings. The van der Waals surface area contributed by atoms with E-state index in [1.54, 1.807) is 6.21 Å². The van der Waals surface area contributed by atoms with Crippen molar-refractivity contribution >= 4 is 23.5 Å². The van der Waals surface area contributed by atoms with Crippen molar-refractivity contribution in [3.63, 3.8) is 0 Å². The molecule has 0 aromatic rings. The van der Waals surface area contributed by atoms with Crippen LogP contribution in [0.1, 0.15) is 0 Å². The molecular formula is C3H3N2S. The Labute approximate surface area is 40.3 Å². The summed E-state index contributed by atoms with van der Waals surface area (Å²) in [6.45, 7) is 0. The molecule has 0 aromatic heterocycles. The standard InChI is InChI=1S/C3H3N2S/c1-2-6-3-5-4-1/h1H,2H2. The summed E-state index contributed by atoms with van der Waals surface area (Å²) in [6.07, 6.45) is 1.75. The maximum absolute atomic E-state index is 3.55. The molecule has 0 amide bonds. The Morgan fingerprint density at radius 2 is 2.83 bits per heavy atom. The van der Waals surface area contributed by atoms with Crippen molar-refractivity contribution in [3.8, 4) is 0 Å². The van der Waals surface area contributed by atoms with Crippen LogP contribution in [0.4, 0.5) is 0 Å². The first kappa shape index (κ1) is 3.87. The molecule has 1 heterocycles. The van der Waals surface area contributed by atoms with Crippen LogP contribution in [-0.2, 0) is 0 Å². The van der Waals surface area contributed by atoms with E-state index in [4.69, 9.17) is 0 Å². The average molecular weight is 99.1 g/mol. The lowest BCUT2D eigenvalue weighted by Gasteiger charge is -1.85. The van der Waals surface area contributed by atoms with Gasteiger partial charge in [0.25, 0.3) is 0 Å². The Morgan fingerprint density at radius 1 is 1.83 bits per heavy atom. The summed E-state index contributed by atoms with van der Waals surface area (Å²) in [6, 6.07) is 0. The SMILES string of the molecule is [C]1=NN=CCS1. The van der Waals surface area contributed by atoms with E-state index in [2.05, 4.69) is 15.7 Å². The van der Waals surface area contributed by atoms with Gasteiger partial charge in [-0.3, -0.25) is 0 Å². The highest BCUT2D eigenvalue weighted by atomic mass is 32.2. The summed E-state index contributed by atoms with van der Waals surface area (Å²) in [5, 5.41) is 7.00. The van der Waals surface area contributed by atoms with E-state index in [1.165, 1.54) is 11.8 Å². The molecule has 0 spiro atoms. The number of rotatable bonds is 0. The van der Waals surface area contributed by atoms with E-state index in [9.17, 15) is 0 Å². The van der Waals surface area contributed by atoms with Gasteiger partial charge in [-0.15, -0.1) is 5.10 Å². The zero-order valence-corrected chi connectivity index (χ0v) is 3.90. The van der Waals surface area contributed by atoms with Crippen molar-refractivity contribution in [2.75, 3.05) is 5.75 Å². The van der Waals surface area contributed by atoms with Crippen LogP contribution in [0.25, 0.3) is 0 Å². The van der Waals surface area contributed by atoms with E-state index in [-0.39, 0.29) is 0 Å². The molecular weight excluding hydrogens is 96.1 g/mol. The molecule has 6 heavy (non-hydrogen) atoms. The van der Waals surface area contributed by atoms with Crippen LogP contribution in [0.5, 0.6) is 0 Å². The molecule has 3 heteroatoms. The second-order valence-corrected chi connectivity index (χ2v) is 1.60. The van der Waals surface area contributed by atoms with E-state index < -0.39 is 0 Å². The lowest BCUT2D eigenvalue weighted by atomic mass is 10.9. The quantitative estimate of drug-likeness (QED) is 0.437. The fourth-order valence-corrected chi connectivity index (χ4v) is 0.522. The van der Waals surface area contributed by atoms with Crippen LogP contribution in [0.15, 0.2) is 10.2 Å². The first-order valence-electron chi connectivity index (χ1n) is 1.58. The molecule has 0 bridgehead atoms. The predicted molar refractivity (Wildman–Crippen MR) is 28.4 cm³/mol. The largest absolute Gasteiger partial charge is 0.161 e. The van der Waals surface area contributed by atoms with Crippen LogP contribution >= 0.6 is 11.8 Å². The summed E-state index contributed by atoms with van der Waals surface area (Å²) < 4.78 is 0. The molecule has 31 valence electrons. The van der Waals surface area contributed by atoms with Crippen molar-refractivity contribution in [3.05, 3.63) is 0 Å². The molecule has 1 aliphatic heterocycles.